The summed E-state index contributed by atoms with van der Waals surface area (Å²) in [6, 6.07) is 4.55. The smallest absolute Gasteiger partial charge is 0.151 e. The van der Waals surface area contributed by atoms with Gasteiger partial charge in [0.2, 0.25) is 0 Å². The topological polar surface area (TPSA) is 53.1 Å². The van der Waals surface area contributed by atoms with Crippen molar-refractivity contribution in [1.29, 1.82) is 0 Å². The molecule has 1 heterocycles. The summed E-state index contributed by atoms with van der Waals surface area (Å²) in [4.78, 5) is 0. The second-order valence-corrected chi connectivity index (χ2v) is 3.45. The highest BCUT2D eigenvalue weighted by Gasteiger charge is 2.10. The minimum absolute atomic E-state index is 0.271. The molecule has 0 aliphatic rings. The van der Waals surface area contributed by atoms with Gasteiger partial charge in [-0.05, 0) is 13.0 Å². The molecule has 16 heavy (non-hydrogen) atoms. The van der Waals surface area contributed by atoms with Crippen molar-refractivity contribution in [2.24, 2.45) is 0 Å². The highest BCUT2D eigenvalue weighted by atomic mass is 19.1. The van der Waals surface area contributed by atoms with Crippen LogP contribution in [0.3, 0.4) is 0 Å². The Bertz CT molecular complexity index is 522. The Morgan fingerprint density at radius 1 is 1.44 bits per heavy atom. The van der Waals surface area contributed by atoms with Crippen molar-refractivity contribution in [1.82, 2.24) is 9.78 Å². The van der Waals surface area contributed by atoms with E-state index in [1.54, 1.807) is 12.3 Å². The number of nitrogens with two attached hydrogens (primary N) is 1. The third kappa shape index (κ3) is 1.71. The van der Waals surface area contributed by atoms with Crippen molar-refractivity contribution in [2.75, 3.05) is 12.8 Å². The average molecular weight is 221 g/mol. The summed E-state index contributed by atoms with van der Waals surface area (Å²) in [6.07, 6.45) is 1.68. The number of aromatic nitrogens is 2. The number of nitrogen functional groups attached to an aromatic ring is 1. The van der Waals surface area contributed by atoms with Crippen LogP contribution in [0.2, 0.25) is 0 Å². The van der Waals surface area contributed by atoms with E-state index in [1.165, 1.54) is 23.9 Å². The molecule has 0 radical (unpaired) electrons. The van der Waals surface area contributed by atoms with E-state index in [9.17, 15) is 4.39 Å². The normalized spacial score (nSPS) is 10.4. The molecule has 0 fully saturated rings. The molecule has 0 atom stereocenters. The predicted octanol–water partition coefficient (Wildman–Crippen LogP) is 1.91. The molecule has 0 unspecified atom stereocenters. The van der Waals surface area contributed by atoms with Crippen LogP contribution in [-0.4, -0.2) is 16.9 Å². The number of nitrogens with zero attached hydrogens (tertiary/aromatic N) is 2. The van der Waals surface area contributed by atoms with E-state index in [0.717, 1.165) is 5.69 Å². The molecule has 1 aromatic carbocycles. The number of rotatable bonds is 2. The highest BCUT2D eigenvalue weighted by Crippen LogP contribution is 2.26. The van der Waals surface area contributed by atoms with E-state index >= 15 is 0 Å². The van der Waals surface area contributed by atoms with Crippen LogP contribution in [0.15, 0.2) is 24.4 Å². The molecular weight excluding hydrogens is 209 g/mol. The summed E-state index contributed by atoms with van der Waals surface area (Å²) < 4.78 is 20.2. The third-order valence-corrected chi connectivity index (χ3v) is 2.27. The number of aryl methyl sites for hydroxylation is 1. The van der Waals surface area contributed by atoms with Gasteiger partial charge in [0.05, 0.1) is 18.5 Å². The second-order valence-electron chi connectivity index (χ2n) is 3.45. The number of anilines is 1. The van der Waals surface area contributed by atoms with Gasteiger partial charge < -0.3 is 10.5 Å². The summed E-state index contributed by atoms with van der Waals surface area (Å²) in [6.45, 7) is 1.84. The van der Waals surface area contributed by atoms with Crippen LogP contribution in [-0.2, 0) is 0 Å². The summed E-state index contributed by atoms with van der Waals surface area (Å²) in [7, 11) is 1.49. The van der Waals surface area contributed by atoms with E-state index in [1.807, 2.05) is 6.92 Å². The third-order valence-electron chi connectivity index (χ3n) is 2.27. The molecule has 5 heteroatoms. The zero-order valence-electron chi connectivity index (χ0n) is 9.07. The number of hydrogen-bond donors (Lipinski definition) is 1. The van der Waals surface area contributed by atoms with E-state index in [-0.39, 0.29) is 5.69 Å². The molecule has 2 rings (SSSR count). The van der Waals surface area contributed by atoms with Gasteiger partial charge in [0.15, 0.2) is 5.82 Å². The van der Waals surface area contributed by atoms with Gasteiger partial charge in [-0.3, -0.25) is 0 Å². The van der Waals surface area contributed by atoms with Gasteiger partial charge in [-0.2, -0.15) is 5.10 Å². The maximum atomic E-state index is 13.7. The van der Waals surface area contributed by atoms with Crippen LogP contribution in [0.1, 0.15) is 5.69 Å². The summed E-state index contributed by atoms with van der Waals surface area (Å²) in [5, 5.41) is 4.13. The number of hydrogen-bond acceptors (Lipinski definition) is 3. The average Bonchev–Trinajstić information content (AvgIpc) is 2.65. The number of benzene rings is 1. The molecule has 2 aromatic rings. The molecule has 0 amide bonds. The standard InChI is InChI=1S/C11H12FN3O/c1-7-3-4-15(14-7)10-6-11(16-2)9(13)5-8(10)12/h3-6H,13H2,1-2H3. The van der Waals surface area contributed by atoms with Crippen LogP contribution >= 0.6 is 0 Å². The van der Waals surface area contributed by atoms with Crippen molar-refractivity contribution < 1.29 is 9.13 Å². The molecule has 0 saturated carbocycles. The second kappa shape index (κ2) is 3.84. The first-order valence-corrected chi connectivity index (χ1v) is 4.77. The SMILES string of the molecule is COc1cc(-n2ccc(C)n2)c(F)cc1N. The Labute approximate surface area is 92.4 Å². The van der Waals surface area contributed by atoms with Crippen molar-refractivity contribution in [3.05, 3.63) is 35.9 Å². The van der Waals surface area contributed by atoms with Gasteiger partial charge in [0.1, 0.15) is 11.4 Å². The van der Waals surface area contributed by atoms with Crippen LogP contribution in [0.25, 0.3) is 5.69 Å². The van der Waals surface area contributed by atoms with E-state index in [0.29, 0.717) is 11.4 Å². The maximum absolute atomic E-state index is 13.7. The van der Waals surface area contributed by atoms with Crippen molar-refractivity contribution >= 4 is 5.69 Å². The molecule has 0 spiro atoms. The Kier molecular flexibility index (Phi) is 2.52. The molecule has 84 valence electrons. The predicted molar refractivity (Wildman–Crippen MR) is 59.2 cm³/mol. The van der Waals surface area contributed by atoms with Gasteiger partial charge in [0.25, 0.3) is 0 Å². The molecular formula is C11H12FN3O. The highest BCUT2D eigenvalue weighted by molar-refractivity contribution is 5.58. The Morgan fingerprint density at radius 2 is 2.19 bits per heavy atom. The first-order valence-electron chi connectivity index (χ1n) is 4.77. The lowest BCUT2D eigenvalue weighted by molar-refractivity contribution is 0.415. The van der Waals surface area contributed by atoms with Crippen molar-refractivity contribution in [3.63, 3.8) is 0 Å². The summed E-state index contributed by atoms with van der Waals surface area (Å²) in [5.74, 6) is 0.00551. The molecule has 1 aromatic heterocycles. The fraction of sp³-hybridized carbons (Fsp3) is 0.182. The fourth-order valence-corrected chi connectivity index (χ4v) is 1.46. The lowest BCUT2D eigenvalue weighted by Gasteiger charge is -2.08. The minimum Gasteiger partial charge on any atom is -0.495 e. The summed E-state index contributed by atoms with van der Waals surface area (Å²) in [5.41, 5.74) is 6.99. The minimum atomic E-state index is -0.429. The van der Waals surface area contributed by atoms with Gasteiger partial charge in [-0.1, -0.05) is 0 Å². The first kappa shape index (κ1) is 10.5. The number of methoxy groups -OCH3 is 1. The maximum Gasteiger partial charge on any atom is 0.151 e. The molecule has 0 bridgehead atoms. The van der Waals surface area contributed by atoms with E-state index < -0.39 is 5.82 Å². The van der Waals surface area contributed by atoms with Gasteiger partial charge in [0, 0.05) is 18.3 Å². The lowest BCUT2D eigenvalue weighted by atomic mass is 10.2. The van der Waals surface area contributed by atoms with E-state index in [2.05, 4.69) is 5.10 Å². The Hall–Kier alpha value is -2.04. The van der Waals surface area contributed by atoms with Gasteiger partial charge in [-0.25, -0.2) is 9.07 Å². The quantitative estimate of drug-likeness (QED) is 0.788. The Morgan fingerprint density at radius 3 is 2.75 bits per heavy atom. The largest absolute Gasteiger partial charge is 0.495 e. The summed E-state index contributed by atoms with van der Waals surface area (Å²) >= 11 is 0. The zero-order chi connectivity index (χ0) is 11.7. The van der Waals surface area contributed by atoms with E-state index in [4.69, 9.17) is 10.5 Å². The molecule has 4 nitrogen and oxygen atoms in total. The first-order chi connectivity index (χ1) is 7.61. The van der Waals surface area contributed by atoms with Crippen LogP contribution in [0, 0.1) is 12.7 Å². The van der Waals surface area contributed by atoms with Crippen LogP contribution in [0.4, 0.5) is 10.1 Å². The number of ether oxygens (including phenoxy) is 1. The molecule has 2 N–H and O–H groups in total. The van der Waals surface area contributed by atoms with Crippen LogP contribution in [0.5, 0.6) is 5.75 Å². The number of halogens is 1. The fourth-order valence-electron chi connectivity index (χ4n) is 1.46. The van der Waals surface area contributed by atoms with Gasteiger partial charge in [-0.15, -0.1) is 0 Å². The van der Waals surface area contributed by atoms with Crippen LogP contribution < -0.4 is 10.5 Å². The monoisotopic (exact) mass is 221 g/mol. The lowest BCUT2D eigenvalue weighted by Crippen LogP contribution is -2.02. The van der Waals surface area contributed by atoms with Crippen molar-refractivity contribution in [3.8, 4) is 11.4 Å². The molecule has 0 saturated heterocycles. The Balaban J connectivity index is 2.56. The van der Waals surface area contributed by atoms with Crippen molar-refractivity contribution in [2.45, 2.75) is 6.92 Å². The molecule has 0 aliphatic carbocycles. The molecule has 0 aliphatic heterocycles. The van der Waals surface area contributed by atoms with Gasteiger partial charge >= 0.3 is 0 Å². The zero-order valence-corrected chi connectivity index (χ0v) is 9.07.